The van der Waals surface area contributed by atoms with E-state index in [1.165, 1.54) is 11.1 Å². The van der Waals surface area contributed by atoms with Gasteiger partial charge in [0.25, 0.3) is 0 Å². The highest BCUT2D eigenvalue weighted by Gasteiger charge is 2.50. The number of rotatable bonds is 4. The maximum absolute atomic E-state index is 8.88. The number of hydrogen-bond donors (Lipinski definition) is 0. The van der Waals surface area contributed by atoms with Crippen molar-refractivity contribution in [2.24, 2.45) is 10.5 Å². The maximum atomic E-state index is 8.88. The monoisotopic (exact) mass is 369 g/mol. The minimum Gasteiger partial charge on any atom is -0.497 e. The summed E-state index contributed by atoms with van der Waals surface area (Å²) in [5.74, 6) is 1.08. The fourth-order valence-corrected chi connectivity index (χ4v) is 3.30. The van der Waals surface area contributed by atoms with E-state index in [-0.39, 0.29) is 12.0 Å². The first-order valence-corrected chi connectivity index (χ1v) is 8.64. The quantitative estimate of drug-likeness (QED) is 0.462. The maximum Gasteiger partial charge on any atom is 0.183 e. The Labute approximate surface area is 157 Å². The molecule has 0 saturated carbocycles. The Morgan fingerprint density at radius 2 is 2.04 bits per heavy atom. The van der Waals surface area contributed by atoms with E-state index >= 15 is 0 Å². The van der Waals surface area contributed by atoms with Gasteiger partial charge in [0, 0.05) is 11.0 Å². The lowest BCUT2D eigenvalue weighted by Gasteiger charge is -2.29. The van der Waals surface area contributed by atoms with Gasteiger partial charge in [-0.05, 0) is 6.92 Å². The largest absolute Gasteiger partial charge is 0.497 e. The molecule has 6 nitrogen and oxygen atoms in total. The van der Waals surface area contributed by atoms with E-state index in [4.69, 9.17) is 21.6 Å². The van der Waals surface area contributed by atoms with Crippen molar-refractivity contribution >= 4 is 17.3 Å². The van der Waals surface area contributed by atoms with Crippen LogP contribution in [0.15, 0.2) is 47.3 Å². The molecule has 7 heteroatoms. The normalized spacial score (nSPS) is 19.7. The van der Waals surface area contributed by atoms with Crippen molar-refractivity contribution in [3.63, 3.8) is 0 Å². The number of allylic oxidation sites excluding steroid dienone is 1. The van der Waals surface area contributed by atoms with Crippen LogP contribution in [0, 0.1) is 16.7 Å². The number of ether oxygens (including phenoxy) is 1. The highest BCUT2D eigenvalue weighted by molar-refractivity contribution is 6.37. The molecule has 0 amide bonds. The summed E-state index contributed by atoms with van der Waals surface area (Å²) >= 11 is 6.99. The molecule has 3 rings (SSSR count). The molecule has 1 unspecified atom stereocenters. The number of aromatic nitrogens is 3. The number of halogens is 1. The van der Waals surface area contributed by atoms with Gasteiger partial charge in [0.1, 0.15) is 6.61 Å². The zero-order chi connectivity index (χ0) is 18.9. The first-order valence-electron chi connectivity index (χ1n) is 8.26. The molecule has 2 heterocycles. The number of nitrogens with zero attached hydrogens (tertiary/aromatic N) is 5. The van der Waals surface area contributed by atoms with Crippen molar-refractivity contribution in [3.05, 3.63) is 48.0 Å². The molecule has 0 spiro atoms. The van der Waals surface area contributed by atoms with Crippen LogP contribution < -0.4 is 0 Å². The summed E-state index contributed by atoms with van der Waals surface area (Å²) in [6.45, 7) is 7.87. The van der Waals surface area contributed by atoms with E-state index in [1.54, 1.807) is 6.92 Å². The summed E-state index contributed by atoms with van der Waals surface area (Å²) < 4.78 is 5.59. The summed E-state index contributed by atoms with van der Waals surface area (Å²) in [5, 5.41) is 18.0. The van der Waals surface area contributed by atoms with Crippen LogP contribution in [0.3, 0.4) is 0 Å². The van der Waals surface area contributed by atoms with E-state index in [2.05, 4.69) is 15.2 Å². The van der Waals surface area contributed by atoms with Crippen LogP contribution in [0.1, 0.15) is 33.5 Å². The Hall–Kier alpha value is -2.65. The smallest absolute Gasteiger partial charge is 0.183 e. The van der Waals surface area contributed by atoms with Crippen LogP contribution in [0.2, 0.25) is 0 Å². The molecule has 0 N–H and O–H groups in total. The van der Waals surface area contributed by atoms with Gasteiger partial charge in [-0.3, -0.25) is 0 Å². The minimum absolute atomic E-state index is 0.108. The lowest BCUT2D eigenvalue weighted by molar-refractivity contribution is 0.226. The number of alkyl halides is 1. The lowest BCUT2D eigenvalue weighted by atomic mass is 9.82. The summed E-state index contributed by atoms with van der Waals surface area (Å²) in [4.78, 5) is 5.07. The molecule has 134 valence electrons. The fourth-order valence-electron chi connectivity index (χ4n) is 2.80. The van der Waals surface area contributed by atoms with Crippen molar-refractivity contribution < 1.29 is 4.74 Å². The Morgan fingerprint density at radius 1 is 1.35 bits per heavy atom. The van der Waals surface area contributed by atoms with Gasteiger partial charge in [-0.15, -0.1) is 9.89 Å². The Balaban J connectivity index is 2.01. The van der Waals surface area contributed by atoms with Gasteiger partial charge >= 0.3 is 0 Å². The van der Waals surface area contributed by atoms with Crippen molar-refractivity contribution in [2.75, 3.05) is 6.61 Å². The zero-order valence-electron chi connectivity index (χ0n) is 15.2. The van der Waals surface area contributed by atoms with Crippen molar-refractivity contribution in [2.45, 2.75) is 32.6 Å². The number of nitriles is 1. The van der Waals surface area contributed by atoms with Gasteiger partial charge in [0.2, 0.25) is 0 Å². The van der Waals surface area contributed by atoms with Crippen LogP contribution >= 0.6 is 11.6 Å². The van der Waals surface area contributed by atoms with Crippen molar-refractivity contribution in [1.82, 2.24) is 14.9 Å². The highest BCUT2D eigenvalue weighted by Crippen LogP contribution is 2.42. The van der Waals surface area contributed by atoms with E-state index in [9.17, 15) is 0 Å². The molecule has 26 heavy (non-hydrogen) atoms. The second-order valence-corrected chi connectivity index (χ2v) is 7.88. The molecule has 1 aromatic heterocycles. The fraction of sp³-hybridized carbons (Fsp3) is 0.368. The standard InChI is InChI=1S/C19H20ClN5O/c1-13(10-21)11-26-12-19(20)16(18(2,3)4)24-25-17(19)22-15(23-25)14-8-6-5-7-9-14/h5-9,11H,12H2,1-4H3/b13-11-. The predicted molar refractivity (Wildman–Crippen MR) is 101 cm³/mol. The van der Waals surface area contributed by atoms with Crippen LogP contribution in [0.5, 0.6) is 0 Å². The molecular weight excluding hydrogens is 350 g/mol. The van der Waals surface area contributed by atoms with Gasteiger partial charge in [-0.1, -0.05) is 62.7 Å². The van der Waals surface area contributed by atoms with E-state index < -0.39 is 4.87 Å². The molecule has 2 aromatic rings. The molecule has 0 radical (unpaired) electrons. The van der Waals surface area contributed by atoms with Crippen LogP contribution in [0.4, 0.5) is 0 Å². The summed E-state index contributed by atoms with van der Waals surface area (Å²) in [7, 11) is 0. The van der Waals surface area contributed by atoms with Gasteiger partial charge in [-0.2, -0.15) is 10.4 Å². The third-order valence-electron chi connectivity index (χ3n) is 3.98. The molecule has 0 fully saturated rings. The van der Waals surface area contributed by atoms with E-state index in [0.29, 0.717) is 17.2 Å². The lowest BCUT2D eigenvalue weighted by Crippen LogP contribution is -2.40. The third kappa shape index (κ3) is 3.23. The van der Waals surface area contributed by atoms with E-state index in [1.807, 2.05) is 57.2 Å². The number of hydrogen-bond acceptors (Lipinski definition) is 5. The second-order valence-electron chi connectivity index (χ2n) is 7.24. The molecule has 1 atom stereocenters. The van der Waals surface area contributed by atoms with Crippen LogP contribution in [-0.2, 0) is 9.61 Å². The SMILES string of the molecule is C/C(C#N)=C/OCC1(Cl)C(C(C)(C)C)=Nn2nc(-c3ccccc3)nc21. The second kappa shape index (κ2) is 6.58. The van der Waals surface area contributed by atoms with Crippen LogP contribution in [0.25, 0.3) is 11.4 Å². The van der Waals surface area contributed by atoms with E-state index in [0.717, 1.165) is 11.3 Å². The molecule has 0 bridgehead atoms. The van der Waals surface area contributed by atoms with Gasteiger partial charge < -0.3 is 4.74 Å². The summed E-state index contributed by atoms with van der Waals surface area (Å²) in [6.07, 6.45) is 1.40. The summed E-state index contributed by atoms with van der Waals surface area (Å²) in [5.41, 5.74) is 1.78. The minimum atomic E-state index is -1.05. The average molecular weight is 370 g/mol. The molecule has 1 aliphatic heterocycles. The number of fused-ring (bicyclic) bond motifs is 1. The van der Waals surface area contributed by atoms with Gasteiger partial charge in [0.15, 0.2) is 16.5 Å². The Kier molecular flexibility index (Phi) is 4.59. The Bertz CT molecular complexity index is 918. The summed E-state index contributed by atoms with van der Waals surface area (Å²) in [6, 6.07) is 11.7. The van der Waals surface area contributed by atoms with Gasteiger partial charge in [-0.25, -0.2) is 4.98 Å². The Morgan fingerprint density at radius 3 is 2.65 bits per heavy atom. The third-order valence-corrected chi connectivity index (χ3v) is 4.43. The van der Waals surface area contributed by atoms with Gasteiger partial charge in [0.05, 0.1) is 23.6 Å². The van der Waals surface area contributed by atoms with Crippen molar-refractivity contribution in [1.29, 1.82) is 5.26 Å². The molecule has 0 aliphatic carbocycles. The topological polar surface area (TPSA) is 76.1 Å². The molecule has 0 saturated heterocycles. The predicted octanol–water partition coefficient (Wildman–Crippen LogP) is 4.09. The first kappa shape index (κ1) is 18.2. The highest BCUT2D eigenvalue weighted by atomic mass is 35.5. The molecule has 1 aliphatic rings. The first-order chi connectivity index (χ1) is 12.3. The number of benzene rings is 1. The molecular formula is C19H20ClN5O. The molecule has 1 aromatic carbocycles. The van der Waals surface area contributed by atoms with Crippen LogP contribution in [-0.4, -0.2) is 27.2 Å². The average Bonchev–Trinajstić information content (AvgIpc) is 3.14. The zero-order valence-corrected chi connectivity index (χ0v) is 15.9. The van der Waals surface area contributed by atoms with Crippen molar-refractivity contribution in [3.8, 4) is 17.5 Å².